The molecule has 0 atom stereocenters. The van der Waals surface area contributed by atoms with Gasteiger partial charge < -0.3 is 5.11 Å². The van der Waals surface area contributed by atoms with Gasteiger partial charge >= 0.3 is 13.3 Å². The van der Waals surface area contributed by atoms with Crippen molar-refractivity contribution in [2.75, 3.05) is 12.4 Å². The Labute approximate surface area is 223 Å². The maximum atomic E-state index is 12.8. The van der Waals surface area contributed by atoms with Crippen LogP contribution in [0.25, 0.3) is 5.69 Å². The zero-order valence-electron chi connectivity index (χ0n) is 20.4. The van der Waals surface area contributed by atoms with Gasteiger partial charge in [-0.15, -0.1) is 5.11 Å². The molecule has 0 bridgehead atoms. The third kappa shape index (κ3) is 7.55. The van der Waals surface area contributed by atoms with E-state index in [4.69, 9.17) is 9.11 Å². The van der Waals surface area contributed by atoms with Crippen LogP contribution in [0.3, 0.4) is 0 Å². The molecule has 0 fully saturated rings. The molecule has 1 radical (unpaired) electrons. The van der Waals surface area contributed by atoms with Crippen LogP contribution in [0.5, 0.6) is 5.75 Å². The van der Waals surface area contributed by atoms with Gasteiger partial charge in [0, 0.05) is 17.1 Å². The Morgan fingerprint density at radius 2 is 1.59 bits per heavy atom. The summed E-state index contributed by atoms with van der Waals surface area (Å²) in [7, 11) is -13.4. The van der Waals surface area contributed by atoms with Crippen LogP contribution in [0.1, 0.15) is 8.55 Å². The number of hydrogen-bond donors (Lipinski definition) is 3. The summed E-state index contributed by atoms with van der Waals surface area (Å²) in [5.74, 6) is -1.55. The first-order chi connectivity index (χ1) is 16.6. The molecule has 0 amide bonds. The van der Waals surface area contributed by atoms with E-state index in [0.717, 1.165) is 35.0 Å². The summed E-state index contributed by atoms with van der Waals surface area (Å²) in [6.45, 7) is 0.595. The molecule has 0 aliphatic carbocycles. The molecule has 0 aliphatic rings. The Morgan fingerprint density at radius 1 is 1.00 bits per heavy atom. The number of benzene rings is 2. The molecule has 3 N–H and O–H groups in total. The van der Waals surface area contributed by atoms with Crippen molar-refractivity contribution in [2.45, 2.75) is 16.7 Å². The standard InChI is InChI=1S/C18H18N4O11S3.Cu/c1-11-17(18(24)22(21-11)12-2-4-13(5-3-12)35(27,28)29)20-19-15-10-14(6-7-16(15)23)34(25,26)9-8-33-36(30,31)32;/h2-7,10,21,23H,8-9H2,1H3,(H,27,28,29)(H,30,31,32);/p+1. The first-order valence-corrected chi connectivity index (χ1v) is 14.0. The van der Waals surface area contributed by atoms with E-state index in [0.29, 0.717) is 0 Å². The SMILES string of the molecule is Cc1[nH]n(-c2ccc(S(=O)(=O)O)cc2)c(=O)c1N=Nc1cc(S(=O)(=O)CCOS(=O)(=O)O)ccc1[O-].[Cu].[H+].[H+]. The summed E-state index contributed by atoms with van der Waals surface area (Å²) in [5, 5.41) is 22.2. The molecule has 0 spiro atoms. The Kier molecular flexibility index (Phi) is 9.21. The summed E-state index contributed by atoms with van der Waals surface area (Å²) in [4.78, 5) is 12.0. The van der Waals surface area contributed by atoms with Gasteiger partial charge in [0.1, 0.15) is 0 Å². The number of rotatable bonds is 9. The van der Waals surface area contributed by atoms with Crippen LogP contribution < -0.4 is 10.7 Å². The molecular weight excluding hydrogens is 608 g/mol. The molecule has 3 rings (SSSR count). The third-order valence-electron chi connectivity index (χ3n) is 4.56. The number of azo groups is 1. The van der Waals surface area contributed by atoms with Crippen molar-refractivity contribution in [3.8, 4) is 11.4 Å². The van der Waals surface area contributed by atoms with Gasteiger partial charge in [-0.2, -0.15) is 21.9 Å². The fourth-order valence-corrected chi connectivity index (χ4v) is 4.83. The summed E-state index contributed by atoms with van der Waals surface area (Å²) >= 11 is 0. The van der Waals surface area contributed by atoms with E-state index in [9.17, 15) is 35.2 Å². The molecule has 0 unspecified atom stereocenters. The van der Waals surface area contributed by atoms with Crippen LogP contribution in [0.15, 0.2) is 67.3 Å². The monoisotopic (exact) mass is 626 g/mol. The van der Waals surface area contributed by atoms with Crippen LogP contribution in [0.2, 0.25) is 0 Å². The number of H-pyrrole nitrogens is 1. The summed E-state index contributed by atoms with van der Waals surface area (Å²) in [6.07, 6.45) is 0. The topological polar surface area (TPSA) is 238 Å². The average Bonchev–Trinajstić information content (AvgIpc) is 3.05. The molecule has 15 nitrogen and oxygen atoms in total. The quantitative estimate of drug-likeness (QED) is 0.172. The molecular formula is C18H19CuN4O11S3+. The molecule has 0 saturated carbocycles. The van der Waals surface area contributed by atoms with Gasteiger partial charge in [0.15, 0.2) is 15.5 Å². The summed E-state index contributed by atoms with van der Waals surface area (Å²) in [5.41, 5.74) is -0.990. The van der Waals surface area contributed by atoms with Crippen LogP contribution >= 0.6 is 0 Å². The maximum absolute atomic E-state index is 12.8. The average molecular weight is 627 g/mol. The zero-order chi connectivity index (χ0) is 26.9. The normalized spacial score (nSPS) is 12.5. The first kappa shape index (κ1) is 30.3. The predicted octanol–water partition coefficient (Wildman–Crippen LogP) is 1.03. The van der Waals surface area contributed by atoms with Crippen molar-refractivity contribution < 1.29 is 63.6 Å². The van der Waals surface area contributed by atoms with E-state index in [2.05, 4.69) is 19.5 Å². The third-order valence-corrected chi connectivity index (χ3v) is 7.57. The number of aromatic nitrogens is 2. The van der Waals surface area contributed by atoms with Gasteiger partial charge in [0.25, 0.3) is 15.7 Å². The van der Waals surface area contributed by atoms with E-state index in [1.165, 1.54) is 19.1 Å². The smallest absolute Gasteiger partial charge is 0.871 e. The molecule has 205 valence electrons. The Balaban J connectivity index is 0.00000481. The fourth-order valence-electron chi connectivity index (χ4n) is 2.84. The largest absolute Gasteiger partial charge is 1.00 e. The number of nitrogens with zero attached hydrogens (tertiary/aromatic N) is 3. The van der Waals surface area contributed by atoms with Gasteiger partial charge in [0.05, 0.1) is 39.2 Å². The van der Waals surface area contributed by atoms with Crippen molar-refractivity contribution in [3.05, 3.63) is 58.5 Å². The molecule has 3 aromatic rings. The number of nitrogens with one attached hydrogen (secondary N) is 1. The zero-order valence-corrected chi connectivity index (χ0v) is 21.8. The minimum Gasteiger partial charge on any atom is -0.871 e. The number of sulfone groups is 1. The molecule has 0 aliphatic heterocycles. The summed E-state index contributed by atoms with van der Waals surface area (Å²) in [6, 6.07) is 7.38. The second kappa shape index (κ2) is 11.2. The Morgan fingerprint density at radius 3 is 2.16 bits per heavy atom. The molecule has 1 aromatic heterocycles. The Hall–Kier alpha value is -2.90. The van der Waals surface area contributed by atoms with Crippen molar-refractivity contribution in [1.82, 2.24) is 9.78 Å². The van der Waals surface area contributed by atoms with Gasteiger partial charge in [-0.3, -0.25) is 19.0 Å². The minimum absolute atomic E-state index is 0. The molecule has 2 aromatic carbocycles. The molecule has 19 heteroatoms. The van der Waals surface area contributed by atoms with E-state index >= 15 is 0 Å². The van der Waals surface area contributed by atoms with E-state index in [1.807, 2.05) is 0 Å². The van der Waals surface area contributed by atoms with Crippen LogP contribution in [0.4, 0.5) is 11.4 Å². The van der Waals surface area contributed by atoms with Gasteiger partial charge in [0.2, 0.25) is 0 Å². The first-order valence-electron chi connectivity index (χ1n) is 9.55. The van der Waals surface area contributed by atoms with Crippen LogP contribution in [-0.2, 0) is 51.6 Å². The fraction of sp³-hybridized carbons (Fsp3) is 0.167. The molecule has 37 heavy (non-hydrogen) atoms. The van der Waals surface area contributed by atoms with Crippen molar-refractivity contribution in [1.29, 1.82) is 0 Å². The maximum Gasteiger partial charge on any atom is 1.00 e. The molecule has 1 heterocycles. The van der Waals surface area contributed by atoms with Crippen LogP contribution in [-0.4, -0.2) is 56.5 Å². The van der Waals surface area contributed by atoms with E-state index < -0.39 is 64.6 Å². The predicted molar refractivity (Wildman–Crippen MR) is 123 cm³/mol. The number of hydrogen-bond acceptors (Lipinski definition) is 11. The van der Waals surface area contributed by atoms with Crippen LogP contribution in [0, 0.1) is 6.92 Å². The van der Waals surface area contributed by atoms with Crippen molar-refractivity contribution in [2.24, 2.45) is 10.2 Å². The minimum atomic E-state index is -4.84. The number of aromatic amines is 1. The molecule has 0 saturated heterocycles. The van der Waals surface area contributed by atoms with Gasteiger partial charge in [-0.1, -0.05) is 11.8 Å². The Bertz CT molecular complexity index is 1720. The second-order valence-corrected chi connectivity index (χ2v) is 11.7. The van der Waals surface area contributed by atoms with Crippen molar-refractivity contribution >= 4 is 41.7 Å². The van der Waals surface area contributed by atoms with Gasteiger partial charge in [-0.05, 0) is 43.3 Å². The number of aryl methyl sites for hydroxylation is 1. The van der Waals surface area contributed by atoms with Crippen molar-refractivity contribution in [3.63, 3.8) is 0 Å². The second-order valence-electron chi connectivity index (χ2n) is 7.09. The van der Waals surface area contributed by atoms with Gasteiger partial charge in [-0.25, -0.2) is 17.3 Å². The van der Waals surface area contributed by atoms with E-state index in [-0.39, 0.29) is 41.9 Å². The van der Waals surface area contributed by atoms with E-state index in [1.54, 1.807) is 0 Å². The summed E-state index contributed by atoms with van der Waals surface area (Å²) < 4.78 is 90.8.